The van der Waals surface area contributed by atoms with Crippen LogP contribution >= 0.6 is 0 Å². The highest BCUT2D eigenvalue weighted by Crippen LogP contribution is 2.27. The molecule has 1 aliphatic heterocycles. The standard InChI is InChI=1S/C14H27N3O2/c1-5-17(9-12(18)16-11(2)3)13(19)14(4)7-6-8-15-10-14/h11,15H,5-10H2,1-4H3,(H,16,18). The number of piperidine rings is 1. The Kier molecular flexibility index (Phi) is 5.79. The van der Waals surface area contributed by atoms with Gasteiger partial charge in [-0.1, -0.05) is 0 Å². The highest BCUT2D eigenvalue weighted by molar-refractivity contribution is 5.88. The van der Waals surface area contributed by atoms with E-state index in [1.165, 1.54) is 0 Å². The number of rotatable bonds is 5. The van der Waals surface area contributed by atoms with Crippen molar-refractivity contribution in [3.05, 3.63) is 0 Å². The summed E-state index contributed by atoms with van der Waals surface area (Å²) in [5, 5.41) is 6.10. The van der Waals surface area contributed by atoms with Gasteiger partial charge in [0, 0.05) is 19.1 Å². The van der Waals surface area contributed by atoms with Crippen molar-refractivity contribution in [3.8, 4) is 0 Å². The fourth-order valence-electron chi connectivity index (χ4n) is 2.49. The van der Waals surface area contributed by atoms with E-state index >= 15 is 0 Å². The van der Waals surface area contributed by atoms with Crippen LogP contribution in [0.4, 0.5) is 0 Å². The largest absolute Gasteiger partial charge is 0.352 e. The molecule has 1 rings (SSSR count). The summed E-state index contributed by atoms with van der Waals surface area (Å²) in [6, 6.07) is 0.105. The fourth-order valence-corrected chi connectivity index (χ4v) is 2.49. The molecule has 0 aromatic carbocycles. The van der Waals surface area contributed by atoms with Gasteiger partial charge in [0.05, 0.1) is 12.0 Å². The van der Waals surface area contributed by atoms with Gasteiger partial charge in [-0.15, -0.1) is 0 Å². The maximum Gasteiger partial charge on any atom is 0.239 e. The van der Waals surface area contributed by atoms with E-state index in [1.54, 1.807) is 4.90 Å². The Hall–Kier alpha value is -1.10. The maximum absolute atomic E-state index is 12.6. The molecule has 0 bridgehead atoms. The first-order valence-corrected chi connectivity index (χ1v) is 7.18. The SMILES string of the molecule is CCN(CC(=O)NC(C)C)C(=O)C1(C)CCCNC1. The third kappa shape index (κ3) is 4.49. The van der Waals surface area contributed by atoms with Gasteiger partial charge in [0.1, 0.15) is 0 Å². The number of hydrogen-bond donors (Lipinski definition) is 2. The zero-order valence-corrected chi connectivity index (χ0v) is 12.6. The van der Waals surface area contributed by atoms with Crippen molar-refractivity contribution in [3.63, 3.8) is 0 Å². The first kappa shape index (κ1) is 16.0. The minimum Gasteiger partial charge on any atom is -0.352 e. The van der Waals surface area contributed by atoms with E-state index in [9.17, 15) is 9.59 Å². The highest BCUT2D eigenvalue weighted by Gasteiger charge is 2.37. The Balaban J connectivity index is 2.63. The Labute approximate surface area is 116 Å². The summed E-state index contributed by atoms with van der Waals surface area (Å²) in [5.41, 5.74) is -0.369. The number of hydrogen-bond acceptors (Lipinski definition) is 3. The van der Waals surface area contributed by atoms with Crippen molar-refractivity contribution in [1.82, 2.24) is 15.5 Å². The predicted molar refractivity (Wildman–Crippen MR) is 75.7 cm³/mol. The molecule has 2 N–H and O–H groups in total. The lowest BCUT2D eigenvalue weighted by Gasteiger charge is -2.37. The van der Waals surface area contributed by atoms with Crippen LogP contribution in [-0.4, -0.2) is 48.9 Å². The fraction of sp³-hybridized carbons (Fsp3) is 0.857. The molecule has 0 aromatic heterocycles. The lowest BCUT2D eigenvalue weighted by atomic mass is 9.81. The van der Waals surface area contributed by atoms with Gasteiger partial charge in [-0.05, 0) is 47.1 Å². The smallest absolute Gasteiger partial charge is 0.239 e. The van der Waals surface area contributed by atoms with Crippen LogP contribution in [0.5, 0.6) is 0 Å². The number of likely N-dealkylation sites (N-methyl/N-ethyl adjacent to an activating group) is 1. The number of carbonyl (C=O) groups excluding carboxylic acids is 2. The number of nitrogens with zero attached hydrogens (tertiary/aromatic N) is 1. The minimum atomic E-state index is -0.369. The summed E-state index contributed by atoms with van der Waals surface area (Å²) >= 11 is 0. The van der Waals surface area contributed by atoms with Crippen LogP contribution in [0.3, 0.4) is 0 Å². The van der Waals surface area contributed by atoms with E-state index in [4.69, 9.17) is 0 Å². The normalized spacial score (nSPS) is 23.2. The van der Waals surface area contributed by atoms with Crippen LogP contribution in [0.25, 0.3) is 0 Å². The van der Waals surface area contributed by atoms with Crippen LogP contribution in [0.2, 0.25) is 0 Å². The molecule has 110 valence electrons. The van der Waals surface area contributed by atoms with Gasteiger partial charge < -0.3 is 15.5 Å². The topological polar surface area (TPSA) is 61.4 Å². The quantitative estimate of drug-likeness (QED) is 0.774. The van der Waals surface area contributed by atoms with Crippen molar-refractivity contribution < 1.29 is 9.59 Å². The summed E-state index contributed by atoms with van der Waals surface area (Å²) in [6.07, 6.45) is 1.90. The van der Waals surface area contributed by atoms with Gasteiger partial charge in [-0.25, -0.2) is 0 Å². The summed E-state index contributed by atoms with van der Waals surface area (Å²) in [5.74, 6) is -0.00123. The maximum atomic E-state index is 12.6. The molecule has 5 nitrogen and oxygen atoms in total. The van der Waals surface area contributed by atoms with Gasteiger partial charge in [0.2, 0.25) is 11.8 Å². The van der Waals surface area contributed by atoms with Crippen LogP contribution in [0, 0.1) is 5.41 Å². The van der Waals surface area contributed by atoms with Crippen molar-refractivity contribution in [2.75, 3.05) is 26.2 Å². The minimum absolute atomic E-state index is 0.0844. The van der Waals surface area contributed by atoms with Crippen LogP contribution in [0.15, 0.2) is 0 Å². The van der Waals surface area contributed by atoms with E-state index < -0.39 is 0 Å². The van der Waals surface area contributed by atoms with Gasteiger partial charge in [-0.2, -0.15) is 0 Å². The van der Waals surface area contributed by atoms with E-state index in [0.29, 0.717) is 13.1 Å². The van der Waals surface area contributed by atoms with E-state index in [-0.39, 0.29) is 29.8 Å². The molecule has 0 aromatic rings. The Morgan fingerprint density at radius 1 is 1.42 bits per heavy atom. The highest BCUT2D eigenvalue weighted by atomic mass is 16.2. The molecule has 0 radical (unpaired) electrons. The molecule has 1 saturated heterocycles. The number of amides is 2. The monoisotopic (exact) mass is 269 g/mol. The third-order valence-electron chi connectivity index (χ3n) is 3.57. The number of nitrogens with one attached hydrogen (secondary N) is 2. The summed E-state index contributed by atoms with van der Waals surface area (Å²) in [6.45, 7) is 10.1. The molecule has 1 fully saturated rings. The van der Waals surface area contributed by atoms with Gasteiger partial charge in [0.15, 0.2) is 0 Å². The molecule has 5 heteroatoms. The Morgan fingerprint density at radius 2 is 2.11 bits per heavy atom. The van der Waals surface area contributed by atoms with Crippen LogP contribution in [0.1, 0.15) is 40.5 Å². The summed E-state index contributed by atoms with van der Waals surface area (Å²) in [4.78, 5) is 26.0. The molecule has 0 aliphatic carbocycles. The van der Waals surface area contributed by atoms with Crippen molar-refractivity contribution >= 4 is 11.8 Å². The van der Waals surface area contributed by atoms with E-state index in [1.807, 2.05) is 27.7 Å². The molecule has 0 spiro atoms. The molecule has 1 atom stereocenters. The van der Waals surface area contributed by atoms with Crippen LogP contribution in [-0.2, 0) is 9.59 Å². The molecule has 1 unspecified atom stereocenters. The average molecular weight is 269 g/mol. The number of carbonyl (C=O) groups is 2. The molecule has 0 saturated carbocycles. The second-order valence-electron chi connectivity index (χ2n) is 5.88. The second-order valence-corrected chi connectivity index (χ2v) is 5.88. The lowest BCUT2D eigenvalue weighted by Crippen LogP contribution is -2.52. The lowest BCUT2D eigenvalue weighted by molar-refractivity contribution is -0.145. The molecule has 1 heterocycles. The van der Waals surface area contributed by atoms with E-state index in [2.05, 4.69) is 10.6 Å². The summed E-state index contributed by atoms with van der Waals surface area (Å²) in [7, 11) is 0. The average Bonchev–Trinajstić information content (AvgIpc) is 2.35. The first-order valence-electron chi connectivity index (χ1n) is 7.18. The zero-order chi connectivity index (χ0) is 14.5. The van der Waals surface area contributed by atoms with Crippen molar-refractivity contribution in [1.29, 1.82) is 0 Å². The second kappa shape index (κ2) is 6.89. The summed E-state index contributed by atoms with van der Waals surface area (Å²) < 4.78 is 0. The van der Waals surface area contributed by atoms with Gasteiger partial charge in [-0.3, -0.25) is 9.59 Å². The van der Waals surface area contributed by atoms with Crippen molar-refractivity contribution in [2.45, 2.75) is 46.6 Å². The van der Waals surface area contributed by atoms with Crippen molar-refractivity contribution in [2.24, 2.45) is 5.41 Å². The van der Waals surface area contributed by atoms with Crippen LogP contribution < -0.4 is 10.6 Å². The molecular formula is C14H27N3O2. The Morgan fingerprint density at radius 3 is 2.58 bits per heavy atom. The van der Waals surface area contributed by atoms with E-state index in [0.717, 1.165) is 19.4 Å². The predicted octanol–water partition coefficient (Wildman–Crippen LogP) is 0.749. The third-order valence-corrected chi connectivity index (χ3v) is 3.57. The molecule has 19 heavy (non-hydrogen) atoms. The first-order chi connectivity index (χ1) is 8.89. The molecular weight excluding hydrogens is 242 g/mol. The zero-order valence-electron chi connectivity index (χ0n) is 12.6. The molecule has 2 amide bonds. The molecule has 1 aliphatic rings. The van der Waals surface area contributed by atoms with Gasteiger partial charge >= 0.3 is 0 Å². The Bertz CT molecular complexity index is 323. The van der Waals surface area contributed by atoms with Gasteiger partial charge in [0.25, 0.3) is 0 Å².